The zero-order chi connectivity index (χ0) is 24.2. The van der Waals surface area contributed by atoms with Crippen LogP contribution in [0.4, 0.5) is 4.79 Å². The molecule has 2 aromatic carbocycles. The molecule has 2 aliphatic rings. The van der Waals surface area contributed by atoms with Gasteiger partial charge in [-0.1, -0.05) is 68.8 Å². The number of rotatable bonds is 9. The average molecular weight is 465 g/mol. The molecule has 7 heteroatoms. The molecule has 0 aromatic heterocycles. The number of hydrogen-bond donors (Lipinski definition) is 2. The van der Waals surface area contributed by atoms with Crippen LogP contribution in [0.15, 0.2) is 48.5 Å². The molecule has 0 saturated carbocycles. The second kappa shape index (κ2) is 10.3. The number of nitrogens with one attached hydrogen (secondary N) is 1. The number of benzene rings is 2. The van der Waals surface area contributed by atoms with Crippen molar-refractivity contribution in [2.45, 2.75) is 45.1 Å². The highest BCUT2D eigenvalue weighted by molar-refractivity contribution is 5.86. The lowest BCUT2D eigenvalue weighted by Crippen LogP contribution is -2.58. The molecule has 2 amide bonds. The third kappa shape index (κ3) is 4.93. The van der Waals surface area contributed by atoms with Crippen LogP contribution in [0.2, 0.25) is 0 Å². The van der Waals surface area contributed by atoms with E-state index in [1.165, 1.54) is 0 Å². The van der Waals surface area contributed by atoms with E-state index in [-0.39, 0.29) is 36.7 Å². The molecular formula is C27H32N2O5. The van der Waals surface area contributed by atoms with Crippen molar-refractivity contribution in [2.75, 3.05) is 19.7 Å². The van der Waals surface area contributed by atoms with E-state index in [0.717, 1.165) is 28.7 Å². The number of carboxylic acid groups (broad SMARTS) is 1. The monoisotopic (exact) mass is 464 g/mol. The van der Waals surface area contributed by atoms with Crippen LogP contribution in [0.25, 0.3) is 11.1 Å². The average Bonchev–Trinajstić information content (AvgIpc) is 3.13. The lowest BCUT2D eigenvalue weighted by atomic mass is 9.91. The number of amides is 2. The Morgan fingerprint density at radius 1 is 1.06 bits per heavy atom. The molecule has 2 aromatic rings. The van der Waals surface area contributed by atoms with Gasteiger partial charge in [0.05, 0.1) is 0 Å². The number of nitrogens with zero attached hydrogens (tertiary/aromatic N) is 1. The van der Waals surface area contributed by atoms with Crippen molar-refractivity contribution < 1.29 is 24.2 Å². The molecule has 2 atom stereocenters. The van der Waals surface area contributed by atoms with Gasteiger partial charge in [-0.15, -0.1) is 0 Å². The van der Waals surface area contributed by atoms with E-state index in [9.17, 15) is 14.4 Å². The Balaban J connectivity index is 1.36. The number of alkyl carbamates (subject to hydrolysis) is 1. The van der Waals surface area contributed by atoms with Gasteiger partial charge >= 0.3 is 12.1 Å². The van der Waals surface area contributed by atoms with Crippen molar-refractivity contribution >= 4 is 18.0 Å². The van der Waals surface area contributed by atoms with Gasteiger partial charge in [-0.25, -0.2) is 4.79 Å². The number of carbonyl (C=O) groups is 3. The molecule has 1 aliphatic carbocycles. The SMILES string of the molecule is CC[C@H](C)[C@H](NC(=O)OCC1c2ccccc2-c2ccccc21)C(=O)N1CC(CCC(=O)O)C1. The summed E-state index contributed by atoms with van der Waals surface area (Å²) in [6, 6.07) is 15.6. The van der Waals surface area contributed by atoms with Crippen molar-refractivity contribution in [3.8, 4) is 11.1 Å². The first-order valence-electron chi connectivity index (χ1n) is 12.0. The Bertz CT molecular complexity index is 1020. The molecule has 2 N–H and O–H groups in total. The molecule has 1 heterocycles. The Morgan fingerprint density at radius 2 is 1.65 bits per heavy atom. The van der Waals surface area contributed by atoms with Crippen LogP contribution in [-0.2, 0) is 14.3 Å². The second-order valence-corrected chi connectivity index (χ2v) is 9.37. The topological polar surface area (TPSA) is 95.9 Å². The fraction of sp³-hybridized carbons (Fsp3) is 0.444. The number of ether oxygens (including phenoxy) is 1. The van der Waals surface area contributed by atoms with Gasteiger partial charge < -0.3 is 20.1 Å². The fourth-order valence-electron chi connectivity index (χ4n) is 4.91. The molecule has 180 valence electrons. The maximum Gasteiger partial charge on any atom is 0.407 e. The van der Waals surface area contributed by atoms with Crippen LogP contribution in [0.1, 0.15) is 50.2 Å². The van der Waals surface area contributed by atoms with Crippen molar-refractivity contribution in [1.82, 2.24) is 10.2 Å². The molecule has 4 rings (SSSR count). The molecule has 0 radical (unpaired) electrons. The Labute approximate surface area is 200 Å². The van der Waals surface area contributed by atoms with E-state index in [1.807, 2.05) is 38.1 Å². The molecule has 0 spiro atoms. The van der Waals surface area contributed by atoms with Gasteiger partial charge in [0, 0.05) is 25.4 Å². The van der Waals surface area contributed by atoms with Crippen molar-refractivity contribution in [2.24, 2.45) is 11.8 Å². The van der Waals surface area contributed by atoms with Crippen LogP contribution in [-0.4, -0.2) is 53.7 Å². The highest BCUT2D eigenvalue weighted by atomic mass is 16.5. The lowest BCUT2D eigenvalue weighted by molar-refractivity contribution is -0.142. The van der Waals surface area contributed by atoms with Crippen LogP contribution >= 0.6 is 0 Å². The number of likely N-dealkylation sites (tertiary alicyclic amines) is 1. The standard InChI is InChI=1S/C27H32N2O5/c1-3-17(2)25(26(32)29-14-18(15-29)12-13-24(30)31)28-27(33)34-16-23-21-10-6-4-8-19(21)20-9-5-7-11-22(20)23/h4-11,17-18,23,25H,3,12-16H2,1-2H3,(H,28,33)(H,30,31)/t17-,25-/m0/s1. The summed E-state index contributed by atoms with van der Waals surface area (Å²) in [5, 5.41) is 11.7. The minimum atomic E-state index is -0.820. The number of carbonyl (C=O) groups excluding carboxylic acids is 2. The first kappa shape index (κ1) is 23.8. The minimum Gasteiger partial charge on any atom is -0.481 e. The van der Waals surface area contributed by atoms with E-state index in [0.29, 0.717) is 19.5 Å². The number of fused-ring (bicyclic) bond motifs is 3. The molecule has 1 saturated heterocycles. The zero-order valence-electron chi connectivity index (χ0n) is 19.7. The first-order valence-corrected chi connectivity index (χ1v) is 12.0. The van der Waals surface area contributed by atoms with Gasteiger partial charge in [0.2, 0.25) is 5.91 Å². The third-order valence-electron chi connectivity index (χ3n) is 7.13. The van der Waals surface area contributed by atoms with E-state index >= 15 is 0 Å². The van der Waals surface area contributed by atoms with Crippen LogP contribution in [0, 0.1) is 11.8 Å². The number of carboxylic acids is 1. The molecule has 34 heavy (non-hydrogen) atoms. The van der Waals surface area contributed by atoms with E-state index in [4.69, 9.17) is 9.84 Å². The highest BCUT2D eigenvalue weighted by Crippen LogP contribution is 2.44. The Morgan fingerprint density at radius 3 is 2.21 bits per heavy atom. The summed E-state index contributed by atoms with van der Waals surface area (Å²) in [5.74, 6) is -0.840. The molecule has 1 aliphatic heterocycles. The first-order chi connectivity index (χ1) is 16.4. The van der Waals surface area contributed by atoms with Gasteiger partial charge in [0.1, 0.15) is 12.6 Å². The predicted molar refractivity (Wildman–Crippen MR) is 128 cm³/mol. The predicted octanol–water partition coefficient (Wildman–Crippen LogP) is 4.26. The van der Waals surface area contributed by atoms with Gasteiger partial charge in [-0.05, 0) is 40.5 Å². The van der Waals surface area contributed by atoms with Crippen molar-refractivity contribution in [3.05, 3.63) is 59.7 Å². The molecule has 1 fully saturated rings. The summed E-state index contributed by atoms with van der Waals surface area (Å²) in [6.45, 7) is 5.18. The second-order valence-electron chi connectivity index (χ2n) is 9.37. The van der Waals surface area contributed by atoms with Crippen LogP contribution < -0.4 is 5.32 Å². The molecule has 7 nitrogen and oxygen atoms in total. The summed E-state index contributed by atoms with van der Waals surface area (Å²) < 4.78 is 5.65. The summed E-state index contributed by atoms with van der Waals surface area (Å²) >= 11 is 0. The van der Waals surface area contributed by atoms with Crippen molar-refractivity contribution in [3.63, 3.8) is 0 Å². The normalized spacial score (nSPS) is 16.7. The molecular weight excluding hydrogens is 432 g/mol. The lowest BCUT2D eigenvalue weighted by Gasteiger charge is -2.42. The quantitative estimate of drug-likeness (QED) is 0.578. The number of hydrogen-bond acceptors (Lipinski definition) is 4. The molecule has 0 bridgehead atoms. The van der Waals surface area contributed by atoms with Crippen LogP contribution in [0.3, 0.4) is 0 Å². The number of aliphatic carboxylic acids is 1. The Hall–Kier alpha value is -3.35. The van der Waals surface area contributed by atoms with Gasteiger partial charge in [0.15, 0.2) is 0 Å². The van der Waals surface area contributed by atoms with Crippen LogP contribution in [0.5, 0.6) is 0 Å². The summed E-state index contributed by atoms with van der Waals surface area (Å²) in [7, 11) is 0. The summed E-state index contributed by atoms with van der Waals surface area (Å²) in [5.41, 5.74) is 4.60. The van der Waals surface area contributed by atoms with Crippen molar-refractivity contribution in [1.29, 1.82) is 0 Å². The van der Waals surface area contributed by atoms with E-state index in [2.05, 4.69) is 29.6 Å². The third-order valence-corrected chi connectivity index (χ3v) is 7.13. The zero-order valence-corrected chi connectivity index (χ0v) is 19.7. The highest BCUT2D eigenvalue weighted by Gasteiger charge is 2.37. The maximum atomic E-state index is 13.1. The van der Waals surface area contributed by atoms with Gasteiger partial charge in [0.25, 0.3) is 0 Å². The minimum absolute atomic E-state index is 0.0405. The Kier molecular flexibility index (Phi) is 7.20. The fourth-order valence-corrected chi connectivity index (χ4v) is 4.91. The largest absolute Gasteiger partial charge is 0.481 e. The summed E-state index contributed by atoms with van der Waals surface area (Å²) in [6.07, 6.45) is 0.811. The van der Waals surface area contributed by atoms with E-state index in [1.54, 1.807) is 4.90 Å². The van der Waals surface area contributed by atoms with Gasteiger partial charge in [-0.2, -0.15) is 0 Å². The molecule has 0 unspecified atom stereocenters. The smallest absolute Gasteiger partial charge is 0.407 e. The summed E-state index contributed by atoms with van der Waals surface area (Å²) in [4.78, 5) is 38.3. The van der Waals surface area contributed by atoms with Gasteiger partial charge in [-0.3, -0.25) is 9.59 Å². The van der Waals surface area contributed by atoms with E-state index < -0.39 is 18.1 Å². The maximum absolute atomic E-state index is 13.1.